The van der Waals surface area contributed by atoms with Crippen LogP contribution in [0.5, 0.6) is 0 Å². The van der Waals surface area contributed by atoms with Crippen molar-refractivity contribution in [1.29, 1.82) is 0 Å². The topological polar surface area (TPSA) is 148 Å². The fraction of sp³-hybridized carbons (Fsp3) is 0.711. The van der Waals surface area contributed by atoms with Gasteiger partial charge in [-0.05, 0) is 87.6 Å². The van der Waals surface area contributed by atoms with Crippen molar-refractivity contribution < 1.29 is 33.3 Å². The number of aromatic nitrogens is 2. The number of nitrogens with zero attached hydrogens (tertiary/aromatic N) is 2. The standard InChI is InChI=1S/C38H61N5O7/c1-28-7-8-30(23-28)27-40-11-5-13-46-15-17-48-19-21-50-22-20-49-18-16-47-14-6-12-41-33-24-31(9-10-32(33)37(39)45)43-34-25-38(3,4)26-35(44)36(34)29(2)42-43/h9-10,24,28,30,40-41H,5-8,11-23,25-27H2,1-4H3,(H2,39,45). The predicted octanol–water partition coefficient (Wildman–Crippen LogP) is 4.74. The van der Waals surface area contributed by atoms with Gasteiger partial charge in [0.15, 0.2) is 5.78 Å². The molecule has 0 bridgehead atoms. The van der Waals surface area contributed by atoms with Gasteiger partial charge in [0.25, 0.3) is 5.91 Å². The number of ketones is 1. The number of ether oxygens (including phenoxy) is 5. The molecule has 0 radical (unpaired) electrons. The number of amides is 1. The van der Waals surface area contributed by atoms with Crippen LogP contribution >= 0.6 is 0 Å². The summed E-state index contributed by atoms with van der Waals surface area (Å²) in [7, 11) is 0. The van der Waals surface area contributed by atoms with Gasteiger partial charge in [0.05, 0.1) is 81.1 Å². The van der Waals surface area contributed by atoms with Crippen LogP contribution in [0.4, 0.5) is 5.69 Å². The van der Waals surface area contributed by atoms with Crippen molar-refractivity contribution in [3.63, 3.8) is 0 Å². The third kappa shape index (κ3) is 13.0. The van der Waals surface area contributed by atoms with Crippen LogP contribution in [-0.2, 0) is 30.1 Å². The van der Waals surface area contributed by atoms with Crippen molar-refractivity contribution in [2.45, 2.75) is 72.6 Å². The Balaban J connectivity index is 0.981. The van der Waals surface area contributed by atoms with Gasteiger partial charge in [0, 0.05) is 31.9 Å². The molecule has 12 heteroatoms. The minimum absolute atomic E-state index is 0.127. The number of primary amides is 1. The Morgan fingerprint density at radius 1 is 0.900 bits per heavy atom. The van der Waals surface area contributed by atoms with Crippen molar-refractivity contribution in [2.75, 3.05) is 91.0 Å². The van der Waals surface area contributed by atoms with Gasteiger partial charge in [0.1, 0.15) is 0 Å². The molecule has 4 N–H and O–H groups in total. The fourth-order valence-corrected chi connectivity index (χ4v) is 6.87. The van der Waals surface area contributed by atoms with Gasteiger partial charge in [-0.25, -0.2) is 4.68 Å². The number of aryl methyl sites for hydroxylation is 1. The summed E-state index contributed by atoms with van der Waals surface area (Å²) in [4.78, 5) is 25.0. The monoisotopic (exact) mass is 699 g/mol. The van der Waals surface area contributed by atoms with Crippen molar-refractivity contribution in [1.82, 2.24) is 15.1 Å². The molecule has 2 aromatic rings. The van der Waals surface area contributed by atoms with Crippen LogP contribution in [0.3, 0.4) is 0 Å². The molecule has 0 spiro atoms. The molecular weight excluding hydrogens is 638 g/mol. The first-order chi connectivity index (χ1) is 24.1. The minimum atomic E-state index is -0.512. The number of rotatable bonds is 25. The molecule has 2 aliphatic rings. The van der Waals surface area contributed by atoms with Crippen LogP contribution in [-0.4, -0.2) is 107 Å². The first-order valence-electron chi connectivity index (χ1n) is 18.5. The molecule has 12 nitrogen and oxygen atoms in total. The number of fused-ring (bicyclic) bond motifs is 1. The highest BCUT2D eigenvalue weighted by Gasteiger charge is 2.35. The maximum absolute atomic E-state index is 12.9. The zero-order valence-corrected chi connectivity index (χ0v) is 30.9. The highest BCUT2D eigenvalue weighted by Crippen LogP contribution is 2.37. The molecule has 1 aromatic carbocycles. The van der Waals surface area contributed by atoms with Crippen LogP contribution in [0.2, 0.25) is 0 Å². The molecule has 1 saturated carbocycles. The number of Topliss-reactive ketones (excluding diaryl/α,β-unsaturated/α-hetero) is 1. The van der Waals surface area contributed by atoms with E-state index >= 15 is 0 Å². The Bertz CT molecular complexity index is 1350. The number of hydrogen-bond donors (Lipinski definition) is 3. The van der Waals surface area contributed by atoms with E-state index in [0.29, 0.717) is 89.2 Å². The molecule has 4 rings (SSSR count). The van der Waals surface area contributed by atoms with Gasteiger partial charge in [0.2, 0.25) is 0 Å². The molecule has 280 valence electrons. The van der Waals surface area contributed by atoms with E-state index in [4.69, 9.17) is 34.5 Å². The maximum Gasteiger partial charge on any atom is 0.250 e. The average Bonchev–Trinajstić information content (AvgIpc) is 3.64. The van der Waals surface area contributed by atoms with Crippen LogP contribution < -0.4 is 16.4 Å². The quantitative estimate of drug-likeness (QED) is 0.124. The molecule has 2 atom stereocenters. The summed E-state index contributed by atoms with van der Waals surface area (Å²) in [6.45, 7) is 16.7. The van der Waals surface area contributed by atoms with Crippen molar-refractivity contribution in [2.24, 2.45) is 23.0 Å². The lowest BCUT2D eigenvalue weighted by Crippen LogP contribution is -2.28. The summed E-state index contributed by atoms with van der Waals surface area (Å²) in [6.07, 6.45) is 7.13. The first-order valence-corrected chi connectivity index (χ1v) is 18.5. The zero-order chi connectivity index (χ0) is 35.8. The molecule has 0 aliphatic heterocycles. The normalized spacial score (nSPS) is 18.4. The van der Waals surface area contributed by atoms with E-state index in [0.717, 1.165) is 67.9 Å². The Labute approximate surface area is 298 Å². The van der Waals surface area contributed by atoms with Gasteiger partial charge in [-0.15, -0.1) is 0 Å². The van der Waals surface area contributed by atoms with Gasteiger partial charge in [-0.2, -0.15) is 5.10 Å². The van der Waals surface area contributed by atoms with Crippen molar-refractivity contribution >= 4 is 17.4 Å². The molecule has 50 heavy (non-hydrogen) atoms. The molecular formula is C38H61N5O7. The highest BCUT2D eigenvalue weighted by molar-refractivity contribution is 6.00. The summed E-state index contributed by atoms with van der Waals surface area (Å²) < 4.78 is 29.9. The minimum Gasteiger partial charge on any atom is -0.384 e. The fourth-order valence-electron chi connectivity index (χ4n) is 6.87. The Kier molecular flexibility index (Phi) is 16.6. The number of nitrogens with two attached hydrogens (primary N) is 1. The van der Waals surface area contributed by atoms with Gasteiger partial charge in [-0.1, -0.05) is 27.2 Å². The number of carbonyl (C=O) groups excluding carboxylic acids is 2. The molecule has 1 heterocycles. The van der Waals surface area contributed by atoms with E-state index in [-0.39, 0.29) is 11.2 Å². The summed E-state index contributed by atoms with van der Waals surface area (Å²) >= 11 is 0. The highest BCUT2D eigenvalue weighted by atomic mass is 16.6. The summed E-state index contributed by atoms with van der Waals surface area (Å²) in [5.41, 5.74) is 9.68. The van der Waals surface area contributed by atoms with E-state index in [2.05, 4.69) is 31.4 Å². The molecule has 1 fully saturated rings. The Morgan fingerprint density at radius 2 is 1.50 bits per heavy atom. The molecule has 2 unspecified atom stereocenters. The van der Waals surface area contributed by atoms with Crippen LogP contribution in [0, 0.1) is 24.2 Å². The van der Waals surface area contributed by atoms with Crippen LogP contribution in [0.15, 0.2) is 18.2 Å². The zero-order valence-electron chi connectivity index (χ0n) is 30.9. The van der Waals surface area contributed by atoms with Gasteiger partial charge < -0.3 is 40.1 Å². The molecule has 1 aromatic heterocycles. The second kappa shape index (κ2) is 20.8. The Morgan fingerprint density at radius 3 is 2.08 bits per heavy atom. The van der Waals surface area contributed by atoms with Gasteiger partial charge >= 0.3 is 0 Å². The lowest BCUT2D eigenvalue weighted by atomic mass is 9.75. The lowest BCUT2D eigenvalue weighted by Gasteiger charge is -2.29. The summed E-state index contributed by atoms with van der Waals surface area (Å²) in [6, 6.07) is 5.40. The van der Waals surface area contributed by atoms with E-state index in [9.17, 15) is 9.59 Å². The van der Waals surface area contributed by atoms with E-state index < -0.39 is 5.91 Å². The summed E-state index contributed by atoms with van der Waals surface area (Å²) in [5.74, 6) is 1.37. The van der Waals surface area contributed by atoms with Gasteiger partial charge in [-0.3, -0.25) is 9.59 Å². The second-order valence-corrected chi connectivity index (χ2v) is 14.5. The lowest BCUT2D eigenvalue weighted by molar-refractivity contribution is -0.0111. The van der Waals surface area contributed by atoms with Crippen LogP contribution in [0.25, 0.3) is 5.69 Å². The number of benzene rings is 1. The second-order valence-electron chi connectivity index (χ2n) is 14.5. The molecule has 0 saturated heterocycles. The summed E-state index contributed by atoms with van der Waals surface area (Å²) in [5, 5.41) is 11.6. The maximum atomic E-state index is 12.9. The number of hydrogen-bond acceptors (Lipinski definition) is 10. The number of anilines is 1. The van der Waals surface area contributed by atoms with Crippen molar-refractivity contribution in [3.05, 3.63) is 40.7 Å². The third-order valence-electron chi connectivity index (χ3n) is 9.38. The van der Waals surface area contributed by atoms with E-state index in [1.807, 2.05) is 23.7 Å². The van der Waals surface area contributed by atoms with Crippen molar-refractivity contribution in [3.8, 4) is 5.69 Å². The predicted molar refractivity (Wildman–Crippen MR) is 194 cm³/mol. The first kappa shape index (κ1) is 39.9. The smallest absolute Gasteiger partial charge is 0.250 e. The van der Waals surface area contributed by atoms with Crippen LogP contribution in [0.1, 0.15) is 91.4 Å². The van der Waals surface area contributed by atoms with E-state index in [1.165, 1.54) is 19.3 Å². The average molecular weight is 700 g/mol. The largest absolute Gasteiger partial charge is 0.384 e. The third-order valence-corrected chi connectivity index (χ3v) is 9.38. The SMILES string of the molecule is Cc1nn(-c2ccc(C(N)=O)c(NCCCOCCOCCOCCOCCOCCCNCC3CCC(C)C3)c2)c2c1C(=O)CC(C)(C)C2. The molecule has 1 amide bonds. The number of nitrogens with one attached hydrogen (secondary N) is 2. The molecule has 2 aliphatic carbocycles. The Hall–Kier alpha value is -2.87. The number of carbonyl (C=O) groups is 2. The van der Waals surface area contributed by atoms with E-state index in [1.54, 1.807) is 6.07 Å².